The van der Waals surface area contributed by atoms with Gasteiger partial charge in [0.1, 0.15) is 6.26 Å². The van der Waals surface area contributed by atoms with E-state index in [2.05, 4.69) is 20.9 Å². The van der Waals surface area contributed by atoms with Crippen LogP contribution in [0.1, 0.15) is 12.5 Å². The van der Waals surface area contributed by atoms with Crippen LogP contribution >= 0.6 is 15.9 Å². The number of aliphatic imine (C=N–C) groups is 1. The normalized spacial score (nSPS) is 16.7. The van der Waals surface area contributed by atoms with Crippen molar-refractivity contribution in [2.24, 2.45) is 4.99 Å². The summed E-state index contributed by atoms with van der Waals surface area (Å²) >= 11 is 3.36. The number of halogens is 1. The van der Waals surface area contributed by atoms with Gasteiger partial charge in [-0.25, -0.2) is 9.79 Å². The molecule has 0 amide bonds. The average Bonchev–Trinajstić information content (AvgIpc) is 2.70. The van der Waals surface area contributed by atoms with Crippen molar-refractivity contribution in [2.45, 2.75) is 13.3 Å². The summed E-state index contributed by atoms with van der Waals surface area (Å²) < 4.78 is 11.1. The van der Waals surface area contributed by atoms with Gasteiger partial charge in [0, 0.05) is 10.9 Å². The number of esters is 1. The second kappa shape index (κ2) is 5.82. The first-order valence-corrected chi connectivity index (χ1v) is 6.34. The van der Waals surface area contributed by atoms with E-state index in [1.54, 1.807) is 0 Å². The van der Waals surface area contributed by atoms with Crippen LogP contribution in [0.5, 0.6) is 0 Å². The Hall–Kier alpha value is -1.62. The fourth-order valence-corrected chi connectivity index (χ4v) is 1.72. The molecule has 0 bridgehead atoms. The van der Waals surface area contributed by atoms with Gasteiger partial charge in [0.05, 0.1) is 6.61 Å². The maximum Gasteiger partial charge on any atom is 0.366 e. The minimum atomic E-state index is -0.462. The predicted molar refractivity (Wildman–Crippen MR) is 71.1 cm³/mol. The molecule has 0 radical (unpaired) electrons. The van der Waals surface area contributed by atoms with Gasteiger partial charge >= 0.3 is 5.97 Å². The summed E-state index contributed by atoms with van der Waals surface area (Å²) in [7, 11) is 0. The Labute approximate surface area is 113 Å². The second-order valence-electron chi connectivity index (χ2n) is 3.66. The van der Waals surface area contributed by atoms with Crippen LogP contribution in [0.25, 0.3) is 0 Å². The van der Waals surface area contributed by atoms with Crippen molar-refractivity contribution in [3.8, 4) is 0 Å². The third-order valence-corrected chi connectivity index (χ3v) is 2.82. The van der Waals surface area contributed by atoms with Crippen LogP contribution in [-0.2, 0) is 20.7 Å². The molecule has 0 aromatic heterocycles. The number of carbonyl (C=O) groups excluding carboxylic acids is 1. The van der Waals surface area contributed by atoms with Crippen molar-refractivity contribution < 1.29 is 14.3 Å². The summed E-state index contributed by atoms with van der Waals surface area (Å²) in [5.41, 5.74) is 1.24. The highest BCUT2D eigenvalue weighted by Gasteiger charge is 2.23. The third kappa shape index (κ3) is 3.20. The zero-order valence-corrected chi connectivity index (χ0v) is 11.4. The first-order chi connectivity index (χ1) is 8.69. The van der Waals surface area contributed by atoms with Gasteiger partial charge in [0.2, 0.25) is 5.90 Å². The molecule has 0 unspecified atom stereocenters. The van der Waals surface area contributed by atoms with E-state index >= 15 is 0 Å². The first-order valence-electron chi connectivity index (χ1n) is 5.55. The molecule has 0 saturated heterocycles. The molecule has 0 spiro atoms. The zero-order valence-electron chi connectivity index (χ0n) is 9.85. The molecule has 1 aromatic rings. The lowest BCUT2D eigenvalue weighted by Gasteiger charge is -2.00. The van der Waals surface area contributed by atoms with Crippen molar-refractivity contribution in [1.82, 2.24) is 0 Å². The Morgan fingerprint density at radius 2 is 2.11 bits per heavy atom. The minimum Gasteiger partial charge on any atom is -0.499 e. The molecule has 1 aromatic carbocycles. The smallest absolute Gasteiger partial charge is 0.366 e. The number of carbonyl (C=O) groups is 1. The first kappa shape index (κ1) is 12.8. The minimum absolute atomic E-state index is 0.212. The maximum atomic E-state index is 11.4. The fraction of sp³-hybridized carbons (Fsp3) is 0.231. The number of ether oxygens (including phenoxy) is 2. The fourth-order valence-electron chi connectivity index (χ4n) is 1.45. The van der Waals surface area contributed by atoms with E-state index in [1.165, 1.54) is 6.26 Å². The molecule has 1 aliphatic heterocycles. The van der Waals surface area contributed by atoms with Crippen LogP contribution < -0.4 is 0 Å². The van der Waals surface area contributed by atoms with Crippen molar-refractivity contribution in [1.29, 1.82) is 0 Å². The molecule has 0 fully saturated rings. The van der Waals surface area contributed by atoms with Gasteiger partial charge in [-0.15, -0.1) is 0 Å². The lowest BCUT2D eigenvalue weighted by atomic mass is 10.1. The van der Waals surface area contributed by atoms with E-state index < -0.39 is 5.97 Å². The molecule has 5 heteroatoms. The van der Waals surface area contributed by atoms with Crippen molar-refractivity contribution >= 4 is 27.8 Å². The van der Waals surface area contributed by atoms with E-state index in [-0.39, 0.29) is 5.70 Å². The quantitative estimate of drug-likeness (QED) is 0.488. The van der Waals surface area contributed by atoms with Crippen LogP contribution in [0.2, 0.25) is 0 Å². The molecule has 18 heavy (non-hydrogen) atoms. The zero-order chi connectivity index (χ0) is 13.0. The van der Waals surface area contributed by atoms with E-state index in [0.29, 0.717) is 18.9 Å². The Balaban J connectivity index is 2.07. The second-order valence-corrected chi connectivity index (χ2v) is 4.57. The van der Waals surface area contributed by atoms with E-state index in [1.807, 2.05) is 31.2 Å². The Kier molecular flexibility index (Phi) is 4.15. The van der Waals surface area contributed by atoms with Crippen LogP contribution in [0.15, 0.2) is 45.7 Å². The van der Waals surface area contributed by atoms with Crippen LogP contribution in [0.3, 0.4) is 0 Å². The van der Waals surface area contributed by atoms with Crippen LogP contribution in [0, 0.1) is 0 Å². The number of nitrogens with zero attached hydrogens (tertiary/aromatic N) is 1. The van der Waals surface area contributed by atoms with Gasteiger partial charge in [-0.3, -0.25) is 0 Å². The van der Waals surface area contributed by atoms with Gasteiger partial charge in [-0.2, -0.15) is 0 Å². The standard InChI is InChI=1S/C13H12BrNO3/c1-2-17-8-11-13(16)18-12(15-11)7-9-3-5-10(14)6-4-9/h3-6,8H,2,7H2,1H3. The Bertz CT molecular complexity index is 505. The van der Waals surface area contributed by atoms with Crippen LogP contribution in [-0.4, -0.2) is 18.5 Å². The van der Waals surface area contributed by atoms with Crippen LogP contribution in [0.4, 0.5) is 0 Å². The van der Waals surface area contributed by atoms with E-state index in [9.17, 15) is 4.79 Å². The Morgan fingerprint density at radius 3 is 2.78 bits per heavy atom. The molecule has 0 N–H and O–H groups in total. The van der Waals surface area contributed by atoms with Gasteiger partial charge < -0.3 is 9.47 Å². The molecule has 2 rings (SSSR count). The molecule has 94 valence electrons. The summed E-state index contributed by atoms with van der Waals surface area (Å²) in [5, 5.41) is 0. The molecule has 0 saturated carbocycles. The number of hydrogen-bond donors (Lipinski definition) is 0. The van der Waals surface area contributed by atoms with E-state index in [4.69, 9.17) is 9.47 Å². The predicted octanol–water partition coefficient (Wildman–Crippen LogP) is 2.82. The number of rotatable bonds is 4. The molecule has 1 heterocycles. The highest BCUT2D eigenvalue weighted by atomic mass is 79.9. The largest absolute Gasteiger partial charge is 0.499 e. The summed E-state index contributed by atoms with van der Waals surface area (Å²) in [6.07, 6.45) is 1.82. The number of cyclic esters (lactones) is 1. The van der Waals surface area contributed by atoms with Gasteiger partial charge in [-0.05, 0) is 24.6 Å². The van der Waals surface area contributed by atoms with Gasteiger partial charge in [0.25, 0.3) is 0 Å². The summed E-state index contributed by atoms with van der Waals surface area (Å²) in [6, 6.07) is 7.77. The lowest BCUT2D eigenvalue weighted by molar-refractivity contribution is -0.130. The summed E-state index contributed by atoms with van der Waals surface area (Å²) in [6.45, 7) is 2.33. The molecule has 0 aliphatic carbocycles. The van der Waals surface area contributed by atoms with Gasteiger partial charge in [-0.1, -0.05) is 28.1 Å². The van der Waals surface area contributed by atoms with E-state index in [0.717, 1.165) is 10.0 Å². The SMILES string of the molecule is CCOC=C1N=C(Cc2ccc(Br)cc2)OC1=O. The Morgan fingerprint density at radius 1 is 1.39 bits per heavy atom. The molecule has 1 aliphatic rings. The highest BCUT2D eigenvalue weighted by Crippen LogP contribution is 2.16. The van der Waals surface area contributed by atoms with Crippen molar-refractivity contribution in [3.05, 3.63) is 46.3 Å². The monoisotopic (exact) mass is 309 g/mol. The lowest BCUT2D eigenvalue weighted by Crippen LogP contribution is -2.06. The third-order valence-electron chi connectivity index (χ3n) is 2.30. The van der Waals surface area contributed by atoms with Crippen molar-refractivity contribution in [2.75, 3.05) is 6.61 Å². The van der Waals surface area contributed by atoms with Gasteiger partial charge in [0.15, 0.2) is 5.70 Å². The number of hydrogen-bond acceptors (Lipinski definition) is 4. The molecular weight excluding hydrogens is 298 g/mol. The summed E-state index contributed by atoms with van der Waals surface area (Å²) in [4.78, 5) is 15.5. The maximum absolute atomic E-state index is 11.4. The average molecular weight is 310 g/mol. The topological polar surface area (TPSA) is 47.9 Å². The molecular formula is C13H12BrNO3. The molecule has 4 nitrogen and oxygen atoms in total. The number of benzene rings is 1. The molecule has 0 atom stereocenters. The highest BCUT2D eigenvalue weighted by molar-refractivity contribution is 9.10. The van der Waals surface area contributed by atoms with Crippen molar-refractivity contribution in [3.63, 3.8) is 0 Å². The summed E-state index contributed by atoms with van der Waals surface area (Å²) in [5.74, 6) is -0.0659.